The Balaban J connectivity index is 2.05. The SMILES string of the molecule is CC(C)c1nc(CCCO)n(CC(=O)c2ccccc2)c1Sc1cc(Cl)cc(Cl)c1. The number of benzene rings is 2. The van der Waals surface area contributed by atoms with Gasteiger partial charge in [-0.05, 0) is 30.5 Å². The fourth-order valence-electron chi connectivity index (χ4n) is 3.14. The Labute approximate surface area is 191 Å². The van der Waals surface area contributed by atoms with Crippen molar-refractivity contribution in [3.63, 3.8) is 0 Å². The maximum Gasteiger partial charge on any atom is 0.182 e. The first kappa shape index (κ1) is 22.9. The van der Waals surface area contributed by atoms with E-state index in [1.54, 1.807) is 6.07 Å². The zero-order chi connectivity index (χ0) is 21.7. The fourth-order valence-corrected chi connectivity index (χ4v) is 5.05. The number of aliphatic hydroxyl groups excluding tert-OH is 1. The zero-order valence-corrected chi connectivity index (χ0v) is 19.3. The van der Waals surface area contributed by atoms with E-state index in [1.807, 2.05) is 47.0 Å². The van der Waals surface area contributed by atoms with E-state index in [9.17, 15) is 9.90 Å². The second-order valence-electron chi connectivity index (χ2n) is 7.28. The topological polar surface area (TPSA) is 55.1 Å². The van der Waals surface area contributed by atoms with Crippen LogP contribution in [0.3, 0.4) is 0 Å². The van der Waals surface area contributed by atoms with Gasteiger partial charge >= 0.3 is 0 Å². The maximum absolute atomic E-state index is 13.0. The molecular formula is C23H24Cl2N2O2S. The average molecular weight is 463 g/mol. The van der Waals surface area contributed by atoms with Crippen LogP contribution in [0.2, 0.25) is 10.0 Å². The molecule has 158 valence electrons. The minimum atomic E-state index is 0.0135. The van der Waals surface area contributed by atoms with Gasteiger partial charge in [-0.15, -0.1) is 0 Å². The van der Waals surface area contributed by atoms with E-state index in [2.05, 4.69) is 13.8 Å². The summed E-state index contributed by atoms with van der Waals surface area (Å²) in [6.07, 6.45) is 1.18. The van der Waals surface area contributed by atoms with Gasteiger partial charge in [0, 0.05) is 33.5 Å². The summed E-state index contributed by atoms with van der Waals surface area (Å²) in [7, 11) is 0. The van der Waals surface area contributed by atoms with Gasteiger partial charge in [-0.2, -0.15) is 0 Å². The van der Waals surface area contributed by atoms with E-state index >= 15 is 0 Å². The molecular weight excluding hydrogens is 439 g/mol. The third kappa shape index (κ3) is 5.67. The van der Waals surface area contributed by atoms with Gasteiger partial charge in [0.1, 0.15) is 10.9 Å². The van der Waals surface area contributed by atoms with Crippen molar-refractivity contribution in [2.45, 2.75) is 49.1 Å². The molecule has 0 bridgehead atoms. The van der Waals surface area contributed by atoms with Crippen molar-refractivity contribution in [1.82, 2.24) is 9.55 Å². The number of aryl methyl sites for hydroxylation is 1. The highest BCUT2D eigenvalue weighted by Gasteiger charge is 2.22. The van der Waals surface area contributed by atoms with Gasteiger partial charge in [0.2, 0.25) is 0 Å². The Kier molecular flexibility index (Phi) is 8.00. The van der Waals surface area contributed by atoms with Gasteiger partial charge in [0.05, 0.1) is 12.2 Å². The van der Waals surface area contributed by atoms with Gasteiger partial charge in [0.15, 0.2) is 5.78 Å². The van der Waals surface area contributed by atoms with E-state index in [4.69, 9.17) is 28.2 Å². The molecule has 0 saturated heterocycles. The summed E-state index contributed by atoms with van der Waals surface area (Å²) in [5.41, 5.74) is 1.58. The lowest BCUT2D eigenvalue weighted by molar-refractivity contribution is 0.0968. The van der Waals surface area contributed by atoms with E-state index in [-0.39, 0.29) is 24.9 Å². The number of imidazole rings is 1. The molecule has 0 atom stereocenters. The Hall–Kier alpha value is -1.79. The van der Waals surface area contributed by atoms with E-state index in [1.165, 1.54) is 11.8 Å². The van der Waals surface area contributed by atoms with Crippen molar-refractivity contribution in [1.29, 1.82) is 0 Å². The van der Waals surface area contributed by atoms with Gasteiger partial charge in [-0.3, -0.25) is 4.79 Å². The van der Waals surface area contributed by atoms with E-state index < -0.39 is 0 Å². The number of nitrogens with zero attached hydrogens (tertiary/aromatic N) is 2. The largest absolute Gasteiger partial charge is 0.396 e. The first-order valence-corrected chi connectivity index (χ1v) is 11.4. The number of Topliss-reactive ketones (excluding diaryl/α,β-unsaturated/α-hetero) is 1. The highest BCUT2D eigenvalue weighted by molar-refractivity contribution is 7.99. The molecule has 1 N–H and O–H groups in total. The normalized spacial score (nSPS) is 11.3. The number of rotatable bonds is 9. The van der Waals surface area contributed by atoms with Gasteiger partial charge in [-0.1, -0.05) is 79.1 Å². The number of hydrogen-bond donors (Lipinski definition) is 1. The van der Waals surface area contributed by atoms with Crippen LogP contribution in [-0.2, 0) is 13.0 Å². The lowest BCUT2D eigenvalue weighted by Crippen LogP contribution is -2.14. The highest BCUT2D eigenvalue weighted by Crippen LogP contribution is 2.37. The predicted octanol–water partition coefficient (Wildman–Crippen LogP) is 6.27. The molecule has 30 heavy (non-hydrogen) atoms. The molecule has 7 heteroatoms. The Bertz CT molecular complexity index is 999. The number of ketones is 1. The lowest BCUT2D eigenvalue weighted by atomic mass is 10.1. The van der Waals surface area contributed by atoms with Gasteiger partial charge in [-0.25, -0.2) is 4.98 Å². The van der Waals surface area contributed by atoms with Crippen LogP contribution in [0, 0.1) is 0 Å². The quantitative estimate of drug-likeness (QED) is 0.380. The molecule has 3 rings (SSSR count). The van der Waals surface area contributed by atoms with E-state index in [0.29, 0.717) is 28.5 Å². The number of aliphatic hydroxyl groups is 1. The van der Waals surface area contributed by atoms with Crippen molar-refractivity contribution in [2.24, 2.45) is 0 Å². The molecule has 0 unspecified atom stereocenters. The second-order valence-corrected chi connectivity index (χ2v) is 9.22. The standard InChI is InChI=1S/C23H24Cl2N2O2S/c1-15(2)22-23(30-19-12-17(24)11-18(25)13-19)27(21(26-22)9-6-10-28)14-20(29)16-7-4-3-5-8-16/h3-5,7-8,11-13,15,28H,6,9-10,14H2,1-2H3. The number of halogens is 2. The zero-order valence-electron chi connectivity index (χ0n) is 16.9. The summed E-state index contributed by atoms with van der Waals surface area (Å²) in [5.74, 6) is 0.982. The van der Waals surface area contributed by atoms with Crippen molar-refractivity contribution in [2.75, 3.05) is 6.61 Å². The van der Waals surface area contributed by atoms with Crippen molar-refractivity contribution >= 4 is 40.7 Å². The first-order chi connectivity index (χ1) is 14.4. The van der Waals surface area contributed by atoms with Crippen LogP contribution in [0.5, 0.6) is 0 Å². The minimum Gasteiger partial charge on any atom is -0.396 e. The Morgan fingerprint density at radius 3 is 2.40 bits per heavy atom. The van der Waals surface area contributed by atoms with Crippen LogP contribution in [0.4, 0.5) is 0 Å². The summed E-state index contributed by atoms with van der Waals surface area (Å²) in [4.78, 5) is 18.7. The summed E-state index contributed by atoms with van der Waals surface area (Å²) in [5, 5.41) is 11.3. The molecule has 0 aliphatic rings. The predicted molar refractivity (Wildman–Crippen MR) is 123 cm³/mol. The molecule has 3 aromatic rings. The summed E-state index contributed by atoms with van der Waals surface area (Å²) in [6.45, 7) is 4.41. The fraction of sp³-hybridized carbons (Fsp3) is 0.304. The Morgan fingerprint density at radius 2 is 1.80 bits per heavy atom. The second kappa shape index (κ2) is 10.5. The van der Waals surface area contributed by atoms with Crippen molar-refractivity contribution in [3.05, 3.63) is 75.7 Å². The number of carbonyl (C=O) groups is 1. The van der Waals surface area contributed by atoms with Crippen LogP contribution in [0.15, 0.2) is 58.5 Å². The smallest absolute Gasteiger partial charge is 0.182 e. The number of aromatic nitrogens is 2. The summed E-state index contributed by atoms with van der Waals surface area (Å²) < 4.78 is 1.97. The molecule has 0 spiro atoms. The number of carbonyl (C=O) groups excluding carboxylic acids is 1. The third-order valence-corrected chi connectivity index (χ3v) is 6.11. The number of hydrogen-bond acceptors (Lipinski definition) is 4. The highest BCUT2D eigenvalue weighted by atomic mass is 35.5. The molecule has 0 saturated carbocycles. The van der Waals surface area contributed by atoms with Crippen LogP contribution >= 0.6 is 35.0 Å². The van der Waals surface area contributed by atoms with Crippen molar-refractivity contribution in [3.8, 4) is 0 Å². The van der Waals surface area contributed by atoms with Crippen LogP contribution in [0.25, 0.3) is 0 Å². The van der Waals surface area contributed by atoms with Crippen molar-refractivity contribution < 1.29 is 9.90 Å². The molecule has 1 heterocycles. The third-order valence-electron chi connectivity index (χ3n) is 4.58. The first-order valence-electron chi connectivity index (χ1n) is 9.81. The van der Waals surface area contributed by atoms with Gasteiger partial charge < -0.3 is 9.67 Å². The molecule has 2 aromatic carbocycles. The molecule has 1 aromatic heterocycles. The van der Waals surface area contributed by atoms with E-state index in [0.717, 1.165) is 21.4 Å². The molecule has 0 fully saturated rings. The van der Waals surface area contributed by atoms with Gasteiger partial charge in [0.25, 0.3) is 0 Å². The monoisotopic (exact) mass is 462 g/mol. The van der Waals surface area contributed by atoms with Crippen LogP contribution in [0.1, 0.15) is 48.1 Å². The van der Waals surface area contributed by atoms with Crippen LogP contribution in [-0.4, -0.2) is 27.0 Å². The summed E-state index contributed by atoms with van der Waals surface area (Å²) >= 11 is 13.9. The minimum absolute atomic E-state index is 0.0135. The molecule has 0 radical (unpaired) electrons. The lowest BCUT2D eigenvalue weighted by Gasteiger charge is -2.13. The molecule has 0 amide bonds. The molecule has 0 aliphatic carbocycles. The molecule has 4 nitrogen and oxygen atoms in total. The average Bonchev–Trinajstić information content (AvgIpc) is 3.03. The Morgan fingerprint density at radius 1 is 1.13 bits per heavy atom. The molecule has 0 aliphatic heterocycles. The maximum atomic E-state index is 13.0. The summed E-state index contributed by atoms with van der Waals surface area (Å²) in [6, 6.07) is 14.6. The van der Waals surface area contributed by atoms with Crippen LogP contribution < -0.4 is 0 Å².